The molecule has 0 saturated carbocycles. The van der Waals surface area contributed by atoms with E-state index in [4.69, 9.17) is 4.74 Å². The molecule has 1 N–H and O–H groups in total. The maximum absolute atomic E-state index is 12.4. The first-order valence-electron chi connectivity index (χ1n) is 7.21. The minimum atomic E-state index is -0.170. The van der Waals surface area contributed by atoms with Gasteiger partial charge in [0.1, 0.15) is 5.75 Å². The molecule has 4 nitrogen and oxygen atoms in total. The zero-order valence-corrected chi connectivity index (χ0v) is 12.8. The predicted octanol–water partition coefficient (Wildman–Crippen LogP) is 3.67. The monoisotopic (exact) mass is 302 g/mol. The first-order chi connectivity index (χ1) is 10.3. The molecule has 1 amide bonds. The Labute approximate surface area is 128 Å². The molecule has 0 aliphatic heterocycles. The van der Waals surface area contributed by atoms with E-state index in [1.54, 1.807) is 30.6 Å². The zero-order valence-electron chi connectivity index (χ0n) is 12.0. The Kier molecular flexibility index (Phi) is 4.20. The van der Waals surface area contributed by atoms with Gasteiger partial charge in [0.05, 0.1) is 18.4 Å². The molecule has 1 aromatic heterocycles. The standard InChI is InChI=1S/C16H18N2O2S/c1-20-13-9-6-5-7-11(13)15(19)18-16-17-12-8-3-2-4-10-14(12)21-16/h5-7,9H,2-4,8,10H2,1H3,(H,17,18,19). The molecule has 0 saturated heterocycles. The van der Waals surface area contributed by atoms with Gasteiger partial charge in [-0.15, -0.1) is 11.3 Å². The summed E-state index contributed by atoms with van der Waals surface area (Å²) in [4.78, 5) is 18.2. The molecule has 1 heterocycles. The second-order valence-corrected chi connectivity index (χ2v) is 6.19. The van der Waals surface area contributed by atoms with E-state index in [0.717, 1.165) is 18.5 Å². The van der Waals surface area contributed by atoms with Crippen molar-refractivity contribution in [1.29, 1.82) is 0 Å². The van der Waals surface area contributed by atoms with Crippen molar-refractivity contribution >= 4 is 22.4 Å². The number of aryl methyl sites for hydroxylation is 2. The van der Waals surface area contributed by atoms with Crippen LogP contribution in [0.25, 0.3) is 0 Å². The van der Waals surface area contributed by atoms with Crippen LogP contribution >= 0.6 is 11.3 Å². The summed E-state index contributed by atoms with van der Waals surface area (Å²) >= 11 is 1.60. The van der Waals surface area contributed by atoms with Gasteiger partial charge in [0, 0.05) is 4.88 Å². The van der Waals surface area contributed by atoms with Gasteiger partial charge < -0.3 is 4.74 Å². The largest absolute Gasteiger partial charge is 0.496 e. The number of methoxy groups -OCH3 is 1. The number of carbonyl (C=O) groups is 1. The second-order valence-electron chi connectivity index (χ2n) is 5.10. The van der Waals surface area contributed by atoms with E-state index in [1.165, 1.54) is 24.1 Å². The van der Waals surface area contributed by atoms with Crippen molar-refractivity contribution < 1.29 is 9.53 Å². The number of anilines is 1. The number of aromatic nitrogens is 1. The number of hydrogen-bond acceptors (Lipinski definition) is 4. The van der Waals surface area contributed by atoms with Crippen LogP contribution in [0, 0.1) is 0 Å². The molecule has 3 rings (SSSR count). The average Bonchev–Trinajstić information content (AvgIpc) is 2.75. The van der Waals surface area contributed by atoms with E-state index < -0.39 is 0 Å². The van der Waals surface area contributed by atoms with Gasteiger partial charge in [-0.3, -0.25) is 10.1 Å². The van der Waals surface area contributed by atoms with Crippen LogP contribution in [0.2, 0.25) is 0 Å². The number of ether oxygens (including phenoxy) is 1. The lowest BCUT2D eigenvalue weighted by Crippen LogP contribution is -2.13. The molecule has 0 radical (unpaired) electrons. The molecule has 0 bridgehead atoms. The third-order valence-corrected chi connectivity index (χ3v) is 4.74. The van der Waals surface area contributed by atoms with Crippen LogP contribution in [0.1, 0.15) is 40.2 Å². The van der Waals surface area contributed by atoms with Gasteiger partial charge in [-0.2, -0.15) is 0 Å². The Morgan fingerprint density at radius 3 is 2.90 bits per heavy atom. The average molecular weight is 302 g/mol. The Morgan fingerprint density at radius 1 is 1.24 bits per heavy atom. The number of rotatable bonds is 3. The fraction of sp³-hybridized carbons (Fsp3) is 0.375. The third kappa shape index (κ3) is 3.08. The fourth-order valence-electron chi connectivity index (χ4n) is 2.58. The lowest BCUT2D eigenvalue weighted by atomic mass is 10.2. The highest BCUT2D eigenvalue weighted by molar-refractivity contribution is 7.15. The van der Waals surface area contributed by atoms with E-state index in [-0.39, 0.29) is 5.91 Å². The molecular weight excluding hydrogens is 284 g/mol. The highest BCUT2D eigenvalue weighted by Gasteiger charge is 2.17. The Morgan fingerprint density at radius 2 is 2.05 bits per heavy atom. The molecule has 0 atom stereocenters. The number of thiazole rings is 1. The zero-order chi connectivity index (χ0) is 14.7. The highest BCUT2D eigenvalue weighted by Crippen LogP contribution is 2.29. The fourth-order valence-corrected chi connectivity index (χ4v) is 3.62. The van der Waals surface area contributed by atoms with Crippen molar-refractivity contribution in [3.63, 3.8) is 0 Å². The molecule has 5 heteroatoms. The van der Waals surface area contributed by atoms with Crippen LogP contribution in [0.5, 0.6) is 5.75 Å². The van der Waals surface area contributed by atoms with Crippen molar-refractivity contribution in [2.24, 2.45) is 0 Å². The minimum absolute atomic E-state index is 0.170. The summed E-state index contributed by atoms with van der Waals surface area (Å²) in [6.45, 7) is 0. The molecule has 0 unspecified atom stereocenters. The summed E-state index contributed by atoms with van der Waals surface area (Å²) in [6.07, 6.45) is 5.78. The summed E-state index contributed by atoms with van der Waals surface area (Å²) in [7, 11) is 1.57. The van der Waals surface area contributed by atoms with Gasteiger partial charge in [-0.05, 0) is 37.8 Å². The quantitative estimate of drug-likeness (QED) is 0.880. The SMILES string of the molecule is COc1ccccc1C(=O)Nc1nc2c(s1)CCCCC2. The van der Waals surface area contributed by atoms with Crippen LogP contribution in [0.15, 0.2) is 24.3 Å². The van der Waals surface area contributed by atoms with Gasteiger partial charge in [0.2, 0.25) is 0 Å². The molecule has 110 valence electrons. The number of fused-ring (bicyclic) bond motifs is 1. The molecule has 1 aliphatic rings. The smallest absolute Gasteiger partial charge is 0.261 e. The van der Waals surface area contributed by atoms with E-state index in [9.17, 15) is 4.79 Å². The van der Waals surface area contributed by atoms with Crippen LogP contribution in [-0.4, -0.2) is 18.0 Å². The van der Waals surface area contributed by atoms with Gasteiger partial charge in [-0.25, -0.2) is 4.98 Å². The third-order valence-electron chi connectivity index (χ3n) is 3.67. The number of nitrogens with one attached hydrogen (secondary N) is 1. The predicted molar refractivity (Wildman–Crippen MR) is 84.3 cm³/mol. The number of hydrogen-bond donors (Lipinski definition) is 1. The van der Waals surface area contributed by atoms with Gasteiger partial charge in [-0.1, -0.05) is 18.6 Å². The normalized spacial score (nSPS) is 14.1. The lowest BCUT2D eigenvalue weighted by molar-refractivity contribution is 0.102. The summed E-state index contributed by atoms with van der Waals surface area (Å²) in [5, 5.41) is 3.59. The number of para-hydroxylation sites is 1. The molecular formula is C16H18N2O2S. The summed E-state index contributed by atoms with van der Waals surface area (Å²) in [6, 6.07) is 7.22. The maximum atomic E-state index is 12.4. The topological polar surface area (TPSA) is 51.2 Å². The summed E-state index contributed by atoms with van der Waals surface area (Å²) in [5.74, 6) is 0.407. The van der Waals surface area contributed by atoms with Gasteiger partial charge in [0.15, 0.2) is 5.13 Å². The first-order valence-corrected chi connectivity index (χ1v) is 8.02. The van der Waals surface area contributed by atoms with E-state index in [2.05, 4.69) is 10.3 Å². The van der Waals surface area contributed by atoms with Crippen molar-refractivity contribution in [2.45, 2.75) is 32.1 Å². The van der Waals surface area contributed by atoms with Gasteiger partial charge >= 0.3 is 0 Å². The molecule has 0 spiro atoms. The number of amides is 1. The van der Waals surface area contributed by atoms with Crippen LogP contribution in [0.4, 0.5) is 5.13 Å². The van der Waals surface area contributed by atoms with Crippen molar-refractivity contribution in [3.05, 3.63) is 40.4 Å². The first kappa shape index (κ1) is 14.1. The lowest BCUT2D eigenvalue weighted by Gasteiger charge is -2.07. The van der Waals surface area contributed by atoms with E-state index in [1.807, 2.05) is 12.1 Å². The number of nitrogens with zero attached hydrogens (tertiary/aromatic N) is 1. The molecule has 21 heavy (non-hydrogen) atoms. The minimum Gasteiger partial charge on any atom is -0.496 e. The van der Waals surface area contributed by atoms with Crippen molar-refractivity contribution in [2.75, 3.05) is 12.4 Å². The molecule has 1 aliphatic carbocycles. The van der Waals surface area contributed by atoms with Crippen molar-refractivity contribution in [3.8, 4) is 5.75 Å². The molecule has 2 aromatic rings. The molecule has 0 fully saturated rings. The van der Waals surface area contributed by atoms with Crippen LogP contribution in [0.3, 0.4) is 0 Å². The van der Waals surface area contributed by atoms with Gasteiger partial charge in [0.25, 0.3) is 5.91 Å². The number of carbonyl (C=O) groups excluding carboxylic acids is 1. The Bertz CT molecular complexity index is 628. The van der Waals surface area contributed by atoms with E-state index >= 15 is 0 Å². The molecule has 1 aromatic carbocycles. The Balaban J connectivity index is 1.79. The van der Waals surface area contributed by atoms with Crippen molar-refractivity contribution in [1.82, 2.24) is 4.98 Å². The second kappa shape index (κ2) is 6.26. The number of benzene rings is 1. The summed E-state index contributed by atoms with van der Waals surface area (Å²) < 4.78 is 5.22. The van der Waals surface area contributed by atoms with E-state index in [0.29, 0.717) is 16.4 Å². The maximum Gasteiger partial charge on any atom is 0.261 e. The van der Waals surface area contributed by atoms with Crippen LogP contribution in [-0.2, 0) is 12.8 Å². The van der Waals surface area contributed by atoms with Crippen LogP contribution < -0.4 is 10.1 Å². The summed E-state index contributed by atoms with van der Waals surface area (Å²) in [5.41, 5.74) is 1.69. The highest BCUT2D eigenvalue weighted by atomic mass is 32.1. The Hall–Kier alpha value is -1.88.